The van der Waals surface area contributed by atoms with Crippen molar-refractivity contribution < 1.29 is 13.6 Å². The first kappa shape index (κ1) is 13.2. The summed E-state index contributed by atoms with van der Waals surface area (Å²) >= 11 is 5.75. The molecule has 7 heteroatoms. The van der Waals surface area contributed by atoms with Crippen LogP contribution in [0.15, 0.2) is 30.5 Å². The van der Waals surface area contributed by atoms with Gasteiger partial charge in [0.25, 0.3) is 5.91 Å². The Kier molecular flexibility index (Phi) is 3.62. The Bertz CT molecular complexity index is 649. The van der Waals surface area contributed by atoms with E-state index in [1.165, 1.54) is 18.3 Å². The molecule has 2 rings (SSSR count). The summed E-state index contributed by atoms with van der Waals surface area (Å²) in [4.78, 5) is 15.3. The highest BCUT2D eigenvalue weighted by Crippen LogP contribution is 2.23. The van der Waals surface area contributed by atoms with E-state index in [1.807, 2.05) is 0 Å². The van der Waals surface area contributed by atoms with Crippen LogP contribution in [0, 0.1) is 11.6 Å². The number of carbonyl (C=O) groups excluding carboxylic acids is 1. The van der Waals surface area contributed by atoms with Crippen LogP contribution in [0.1, 0.15) is 10.4 Å². The third-order valence-corrected chi connectivity index (χ3v) is 2.65. The van der Waals surface area contributed by atoms with Crippen LogP contribution < -0.4 is 11.1 Å². The molecule has 0 bridgehead atoms. The Labute approximate surface area is 112 Å². The molecule has 0 unspecified atom stereocenters. The molecule has 19 heavy (non-hydrogen) atoms. The number of anilines is 2. The lowest BCUT2D eigenvalue weighted by molar-refractivity contribution is 0.102. The molecule has 0 saturated heterocycles. The summed E-state index contributed by atoms with van der Waals surface area (Å²) in [6.45, 7) is 0. The molecule has 0 spiro atoms. The number of halogens is 3. The van der Waals surface area contributed by atoms with Crippen molar-refractivity contribution in [3.05, 3.63) is 52.7 Å². The zero-order chi connectivity index (χ0) is 14.0. The number of carbonyl (C=O) groups is 1. The summed E-state index contributed by atoms with van der Waals surface area (Å²) in [7, 11) is 0. The Morgan fingerprint density at radius 1 is 1.32 bits per heavy atom. The molecule has 0 radical (unpaired) electrons. The smallest absolute Gasteiger partial charge is 0.258 e. The van der Waals surface area contributed by atoms with Crippen molar-refractivity contribution in [2.24, 2.45) is 0 Å². The fourth-order valence-electron chi connectivity index (χ4n) is 1.42. The first-order chi connectivity index (χ1) is 8.99. The Morgan fingerprint density at radius 2 is 2.05 bits per heavy atom. The zero-order valence-electron chi connectivity index (χ0n) is 9.45. The van der Waals surface area contributed by atoms with Crippen LogP contribution in [0.3, 0.4) is 0 Å². The van der Waals surface area contributed by atoms with Gasteiger partial charge in [0.05, 0.1) is 16.3 Å². The van der Waals surface area contributed by atoms with Gasteiger partial charge in [-0.15, -0.1) is 0 Å². The first-order valence-corrected chi connectivity index (χ1v) is 5.53. The van der Waals surface area contributed by atoms with E-state index in [4.69, 9.17) is 17.3 Å². The Hall–Kier alpha value is -2.21. The highest BCUT2D eigenvalue weighted by molar-refractivity contribution is 6.33. The molecule has 0 fully saturated rings. The summed E-state index contributed by atoms with van der Waals surface area (Å²) in [6, 6.07) is 4.61. The molecule has 98 valence electrons. The van der Waals surface area contributed by atoms with Crippen molar-refractivity contribution >= 4 is 29.0 Å². The van der Waals surface area contributed by atoms with Crippen LogP contribution in [0.5, 0.6) is 0 Å². The van der Waals surface area contributed by atoms with Crippen LogP contribution in [0.2, 0.25) is 5.02 Å². The second-order valence-electron chi connectivity index (χ2n) is 3.64. The van der Waals surface area contributed by atoms with Crippen LogP contribution in [-0.4, -0.2) is 10.9 Å². The van der Waals surface area contributed by atoms with Gasteiger partial charge < -0.3 is 11.1 Å². The van der Waals surface area contributed by atoms with Gasteiger partial charge in [0.15, 0.2) is 11.6 Å². The number of hydrogen-bond donors (Lipinski definition) is 2. The molecule has 0 aliphatic carbocycles. The molecule has 0 atom stereocenters. The summed E-state index contributed by atoms with van der Waals surface area (Å²) < 4.78 is 26.4. The molecule has 1 amide bonds. The molecular weight excluding hydrogens is 276 g/mol. The van der Waals surface area contributed by atoms with Gasteiger partial charge in [-0.05, 0) is 24.3 Å². The predicted octanol–water partition coefficient (Wildman–Crippen LogP) is 2.85. The number of nitrogens with zero attached hydrogens (tertiary/aromatic N) is 1. The molecule has 2 aromatic rings. The maximum absolute atomic E-state index is 13.6. The van der Waals surface area contributed by atoms with E-state index in [2.05, 4.69) is 10.3 Å². The highest BCUT2D eigenvalue weighted by Gasteiger charge is 2.15. The number of benzene rings is 1. The third kappa shape index (κ3) is 2.79. The molecule has 1 aromatic heterocycles. The monoisotopic (exact) mass is 283 g/mol. The average Bonchev–Trinajstić information content (AvgIpc) is 2.36. The van der Waals surface area contributed by atoms with Crippen LogP contribution in [0.4, 0.5) is 20.3 Å². The molecule has 4 nitrogen and oxygen atoms in total. The molecule has 0 saturated carbocycles. The summed E-state index contributed by atoms with van der Waals surface area (Å²) in [5.41, 5.74) is 5.16. The minimum atomic E-state index is -0.918. The second-order valence-corrected chi connectivity index (χ2v) is 4.04. The van der Waals surface area contributed by atoms with Gasteiger partial charge in [-0.25, -0.2) is 13.8 Å². The largest absolute Gasteiger partial charge is 0.381 e. The van der Waals surface area contributed by atoms with Crippen LogP contribution in [0.25, 0.3) is 0 Å². The highest BCUT2D eigenvalue weighted by atomic mass is 35.5. The van der Waals surface area contributed by atoms with Crippen molar-refractivity contribution in [3.8, 4) is 0 Å². The molecule has 1 heterocycles. The SMILES string of the molecule is Nc1nccc(C(=O)Nc2ccc(F)cc2Cl)c1F. The Morgan fingerprint density at radius 3 is 2.74 bits per heavy atom. The van der Waals surface area contributed by atoms with E-state index < -0.39 is 17.5 Å². The molecule has 0 aliphatic rings. The van der Waals surface area contributed by atoms with Gasteiger partial charge in [-0.3, -0.25) is 4.79 Å². The van der Waals surface area contributed by atoms with Crippen molar-refractivity contribution in [1.29, 1.82) is 0 Å². The molecule has 1 aromatic carbocycles. The summed E-state index contributed by atoms with van der Waals surface area (Å²) in [5, 5.41) is 2.37. The summed E-state index contributed by atoms with van der Waals surface area (Å²) in [6.07, 6.45) is 1.21. The van der Waals surface area contributed by atoms with E-state index in [0.717, 1.165) is 12.1 Å². The fourth-order valence-corrected chi connectivity index (χ4v) is 1.63. The van der Waals surface area contributed by atoms with E-state index in [9.17, 15) is 13.6 Å². The quantitative estimate of drug-likeness (QED) is 0.890. The average molecular weight is 284 g/mol. The minimum Gasteiger partial charge on any atom is -0.381 e. The number of pyridine rings is 1. The van der Waals surface area contributed by atoms with E-state index in [1.54, 1.807) is 0 Å². The number of rotatable bonds is 2. The van der Waals surface area contributed by atoms with Gasteiger partial charge >= 0.3 is 0 Å². The fraction of sp³-hybridized carbons (Fsp3) is 0. The van der Waals surface area contributed by atoms with E-state index >= 15 is 0 Å². The number of hydrogen-bond acceptors (Lipinski definition) is 3. The van der Waals surface area contributed by atoms with Gasteiger partial charge in [-0.1, -0.05) is 11.6 Å². The van der Waals surface area contributed by atoms with Gasteiger partial charge in [0.2, 0.25) is 0 Å². The number of nitrogens with two attached hydrogens (primary N) is 1. The first-order valence-electron chi connectivity index (χ1n) is 5.15. The molecular formula is C12H8ClF2N3O. The number of nitrogens with one attached hydrogen (secondary N) is 1. The van der Waals surface area contributed by atoms with E-state index in [-0.39, 0.29) is 22.1 Å². The van der Waals surface area contributed by atoms with Crippen molar-refractivity contribution in [3.63, 3.8) is 0 Å². The topological polar surface area (TPSA) is 68.0 Å². The van der Waals surface area contributed by atoms with Crippen molar-refractivity contribution in [1.82, 2.24) is 4.98 Å². The van der Waals surface area contributed by atoms with Gasteiger partial charge in [0, 0.05) is 6.20 Å². The maximum atomic E-state index is 13.6. The lowest BCUT2D eigenvalue weighted by Gasteiger charge is -2.08. The minimum absolute atomic E-state index is 0.00999. The van der Waals surface area contributed by atoms with Crippen LogP contribution in [-0.2, 0) is 0 Å². The van der Waals surface area contributed by atoms with Crippen LogP contribution >= 0.6 is 11.6 Å². The maximum Gasteiger partial charge on any atom is 0.258 e. The number of amides is 1. The standard InChI is InChI=1S/C12H8ClF2N3O/c13-8-5-6(14)1-2-9(8)18-12(19)7-3-4-17-11(16)10(7)15/h1-5H,(H2,16,17)(H,18,19). The summed E-state index contributed by atoms with van der Waals surface area (Å²) in [5.74, 6) is -2.58. The lowest BCUT2D eigenvalue weighted by Crippen LogP contribution is -2.15. The Balaban J connectivity index is 2.28. The molecule has 3 N–H and O–H groups in total. The normalized spacial score (nSPS) is 10.3. The van der Waals surface area contributed by atoms with Crippen molar-refractivity contribution in [2.75, 3.05) is 11.1 Å². The van der Waals surface area contributed by atoms with Crippen molar-refractivity contribution in [2.45, 2.75) is 0 Å². The van der Waals surface area contributed by atoms with Gasteiger partial charge in [-0.2, -0.15) is 0 Å². The number of nitrogen functional groups attached to an aromatic ring is 1. The molecule has 0 aliphatic heterocycles. The second kappa shape index (κ2) is 5.19. The van der Waals surface area contributed by atoms with Gasteiger partial charge in [0.1, 0.15) is 5.82 Å². The predicted molar refractivity (Wildman–Crippen MR) is 68.0 cm³/mol. The number of aromatic nitrogens is 1. The lowest BCUT2D eigenvalue weighted by atomic mass is 10.2. The third-order valence-electron chi connectivity index (χ3n) is 2.34. The van der Waals surface area contributed by atoms with E-state index in [0.29, 0.717) is 0 Å². The zero-order valence-corrected chi connectivity index (χ0v) is 10.2.